The second kappa shape index (κ2) is 2.77. The lowest BCUT2D eigenvalue weighted by Gasteiger charge is -1.99. The van der Waals surface area contributed by atoms with E-state index in [4.69, 9.17) is 0 Å². The minimum Gasteiger partial charge on any atom is -0.244 e. The fourth-order valence-corrected chi connectivity index (χ4v) is 1.61. The van der Waals surface area contributed by atoms with E-state index < -0.39 is 0 Å². The summed E-state index contributed by atoms with van der Waals surface area (Å²) in [6.07, 6.45) is 3.40. The molecule has 0 aliphatic rings. The van der Waals surface area contributed by atoms with Crippen LogP contribution >= 0.6 is 0 Å². The van der Waals surface area contributed by atoms with E-state index >= 15 is 0 Å². The van der Waals surface area contributed by atoms with Gasteiger partial charge in [0.25, 0.3) is 0 Å². The van der Waals surface area contributed by atoms with E-state index in [2.05, 4.69) is 28.2 Å². The number of hydrogen-bond acceptors (Lipinski definition) is 2. The third-order valence-electron chi connectivity index (χ3n) is 2.31. The first-order chi connectivity index (χ1) is 6.93. The van der Waals surface area contributed by atoms with Crippen molar-refractivity contribution in [2.75, 3.05) is 0 Å². The maximum Gasteiger partial charge on any atom is 0.116 e. The fraction of sp³-hybridized carbons (Fsp3) is 0. The van der Waals surface area contributed by atoms with Crippen LogP contribution in [0.4, 0.5) is 0 Å². The summed E-state index contributed by atoms with van der Waals surface area (Å²) in [6, 6.07) is 13.1. The SMILES string of the molecule is [c]1ccc2cc3cncnc3cc2c1. The first kappa shape index (κ1) is 7.44. The van der Waals surface area contributed by atoms with Crippen LogP contribution in [0.3, 0.4) is 0 Å². The Balaban J connectivity index is 2.52. The zero-order valence-electron chi connectivity index (χ0n) is 7.44. The average Bonchev–Trinajstić information content (AvgIpc) is 2.26. The Bertz CT molecular complexity index is 497. The van der Waals surface area contributed by atoms with Crippen LogP contribution in [0.15, 0.2) is 42.9 Å². The Kier molecular flexibility index (Phi) is 1.47. The molecule has 1 radical (unpaired) electrons. The molecule has 0 fully saturated rings. The van der Waals surface area contributed by atoms with Gasteiger partial charge in [-0.1, -0.05) is 12.1 Å². The van der Waals surface area contributed by atoms with E-state index in [9.17, 15) is 0 Å². The van der Waals surface area contributed by atoms with Crippen molar-refractivity contribution in [1.82, 2.24) is 9.97 Å². The van der Waals surface area contributed by atoms with E-state index in [1.54, 1.807) is 6.33 Å². The van der Waals surface area contributed by atoms with Crippen molar-refractivity contribution in [2.45, 2.75) is 0 Å². The number of nitrogens with zero attached hydrogens (tertiary/aromatic N) is 2. The highest BCUT2D eigenvalue weighted by Crippen LogP contribution is 2.19. The number of fused-ring (bicyclic) bond motifs is 2. The van der Waals surface area contributed by atoms with Gasteiger partial charge < -0.3 is 0 Å². The third-order valence-corrected chi connectivity index (χ3v) is 2.31. The molecule has 0 saturated heterocycles. The van der Waals surface area contributed by atoms with Crippen molar-refractivity contribution in [3.8, 4) is 0 Å². The van der Waals surface area contributed by atoms with E-state index in [-0.39, 0.29) is 0 Å². The van der Waals surface area contributed by atoms with Gasteiger partial charge in [-0.05, 0) is 35.0 Å². The summed E-state index contributed by atoms with van der Waals surface area (Å²) in [5.74, 6) is 0. The van der Waals surface area contributed by atoms with Gasteiger partial charge in [0, 0.05) is 11.6 Å². The third kappa shape index (κ3) is 1.04. The summed E-state index contributed by atoms with van der Waals surface area (Å²) in [7, 11) is 0. The van der Waals surface area contributed by atoms with E-state index in [1.165, 1.54) is 10.8 Å². The maximum atomic E-state index is 4.21. The first-order valence-electron chi connectivity index (χ1n) is 4.43. The van der Waals surface area contributed by atoms with Crippen LogP contribution < -0.4 is 0 Å². The predicted octanol–water partition coefficient (Wildman–Crippen LogP) is 2.58. The summed E-state index contributed by atoms with van der Waals surface area (Å²) in [6.45, 7) is 0. The van der Waals surface area contributed by atoms with Gasteiger partial charge in [0.05, 0.1) is 5.52 Å². The van der Waals surface area contributed by atoms with Crippen molar-refractivity contribution >= 4 is 21.7 Å². The van der Waals surface area contributed by atoms with Gasteiger partial charge in [-0.3, -0.25) is 0 Å². The van der Waals surface area contributed by atoms with Crippen LogP contribution in [0.25, 0.3) is 21.7 Å². The summed E-state index contributed by atoms with van der Waals surface area (Å²) in [4.78, 5) is 8.21. The Labute approximate surface area is 81.2 Å². The molecule has 0 aliphatic heterocycles. The zero-order chi connectivity index (χ0) is 9.38. The molecule has 65 valence electrons. The second-order valence-corrected chi connectivity index (χ2v) is 3.21. The van der Waals surface area contributed by atoms with Gasteiger partial charge in [-0.15, -0.1) is 0 Å². The number of rotatable bonds is 0. The van der Waals surface area contributed by atoms with Gasteiger partial charge >= 0.3 is 0 Å². The predicted molar refractivity (Wildman–Crippen MR) is 55.9 cm³/mol. The molecule has 0 amide bonds. The normalized spacial score (nSPS) is 10.9. The lowest BCUT2D eigenvalue weighted by atomic mass is 10.1. The molecule has 2 aromatic carbocycles. The van der Waals surface area contributed by atoms with Crippen LogP contribution in [0.1, 0.15) is 0 Å². The second-order valence-electron chi connectivity index (χ2n) is 3.21. The highest BCUT2D eigenvalue weighted by molar-refractivity contribution is 5.95. The highest BCUT2D eigenvalue weighted by atomic mass is 14.8. The first-order valence-corrected chi connectivity index (χ1v) is 4.43. The molecule has 0 saturated carbocycles. The molecule has 0 spiro atoms. The van der Waals surface area contributed by atoms with E-state index in [1.807, 2.05) is 24.4 Å². The molecule has 3 aromatic rings. The summed E-state index contributed by atoms with van der Waals surface area (Å²) in [5.41, 5.74) is 0.979. The van der Waals surface area contributed by atoms with Gasteiger partial charge in [-0.2, -0.15) is 0 Å². The Morgan fingerprint density at radius 3 is 3.07 bits per heavy atom. The van der Waals surface area contributed by atoms with Crippen molar-refractivity contribution in [1.29, 1.82) is 0 Å². The molecule has 3 rings (SSSR count). The molecule has 0 aliphatic carbocycles. The molecule has 0 unspecified atom stereocenters. The molecule has 0 N–H and O–H groups in total. The fourth-order valence-electron chi connectivity index (χ4n) is 1.61. The Hall–Kier alpha value is -1.96. The standard InChI is InChI=1S/C12H7N2/c1-2-4-10-6-12-11(5-9(10)3-1)7-13-8-14-12/h1,3-8H. The van der Waals surface area contributed by atoms with Crippen molar-refractivity contribution in [2.24, 2.45) is 0 Å². The summed E-state index contributed by atoms with van der Waals surface area (Å²) < 4.78 is 0. The van der Waals surface area contributed by atoms with E-state index in [0.29, 0.717) is 0 Å². The monoisotopic (exact) mass is 179 g/mol. The maximum absolute atomic E-state index is 4.21. The average molecular weight is 179 g/mol. The van der Waals surface area contributed by atoms with Crippen LogP contribution in [0, 0.1) is 6.07 Å². The quantitative estimate of drug-likeness (QED) is 0.496. The molecule has 0 atom stereocenters. The van der Waals surface area contributed by atoms with Gasteiger partial charge in [-0.25, -0.2) is 9.97 Å². The molecular formula is C12H7N2. The molecule has 2 nitrogen and oxygen atoms in total. The number of hydrogen-bond donors (Lipinski definition) is 0. The topological polar surface area (TPSA) is 25.8 Å². The Morgan fingerprint density at radius 1 is 1.07 bits per heavy atom. The summed E-state index contributed by atoms with van der Waals surface area (Å²) in [5, 5.41) is 3.44. The molecule has 1 heterocycles. The largest absolute Gasteiger partial charge is 0.244 e. The zero-order valence-corrected chi connectivity index (χ0v) is 7.44. The van der Waals surface area contributed by atoms with Crippen LogP contribution in [0.2, 0.25) is 0 Å². The van der Waals surface area contributed by atoms with Crippen molar-refractivity contribution in [3.05, 3.63) is 48.9 Å². The lowest BCUT2D eigenvalue weighted by Crippen LogP contribution is -1.81. The lowest BCUT2D eigenvalue weighted by molar-refractivity contribution is 1.22. The van der Waals surface area contributed by atoms with Gasteiger partial charge in [0.2, 0.25) is 0 Å². The minimum absolute atomic E-state index is 0.979. The smallest absolute Gasteiger partial charge is 0.116 e. The van der Waals surface area contributed by atoms with Crippen LogP contribution in [-0.4, -0.2) is 9.97 Å². The molecule has 1 aromatic heterocycles. The Morgan fingerprint density at radius 2 is 2.07 bits per heavy atom. The number of aromatic nitrogens is 2. The molecular weight excluding hydrogens is 172 g/mol. The molecule has 14 heavy (non-hydrogen) atoms. The molecule has 2 heteroatoms. The van der Waals surface area contributed by atoms with Crippen molar-refractivity contribution < 1.29 is 0 Å². The summed E-state index contributed by atoms with van der Waals surface area (Å²) >= 11 is 0. The van der Waals surface area contributed by atoms with Gasteiger partial charge in [0.15, 0.2) is 0 Å². The highest BCUT2D eigenvalue weighted by Gasteiger charge is 1.97. The minimum atomic E-state index is 0.979. The van der Waals surface area contributed by atoms with Crippen molar-refractivity contribution in [3.63, 3.8) is 0 Å². The van der Waals surface area contributed by atoms with Crippen LogP contribution in [0.5, 0.6) is 0 Å². The van der Waals surface area contributed by atoms with E-state index in [0.717, 1.165) is 10.9 Å². The number of benzene rings is 2. The van der Waals surface area contributed by atoms with Crippen LogP contribution in [-0.2, 0) is 0 Å². The van der Waals surface area contributed by atoms with Gasteiger partial charge in [0.1, 0.15) is 6.33 Å². The molecule has 0 bridgehead atoms.